The van der Waals surface area contributed by atoms with E-state index in [9.17, 15) is 4.79 Å². The fourth-order valence-corrected chi connectivity index (χ4v) is 4.64. The third kappa shape index (κ3) is 5.84. The van der Waals surface area contributed by atoms with Gasteiger partial charge in [-0.1, -0.05) is 35.9 Å². The number of nitrogens with zero attached hydrogens (tertiary/aromatic N) is 5. The highest BCUT2D eigenvalue weighted by Gasteiger charge is 2.36. The lowest BCUT2D eigenvalue weighted by molar-refractivity contribution is -0.132. The zero-order chi connectivity index (χ0) is 23.9. The number of nitrogens with two attached hydrogens (primary N) is 1. The van der Waals surface area contributed by atoms with E-state index in [0.29, 0.717) is 36.8 Å². The standard InChI is InChI=1S/C26H29ClN6O/c27-23-4-1-3-22(13-23)17-32-12-9-25(26(32)34)31(11-2-10-28)18-24-15-30-19-33(24)16-21-7-5-20(14-29)6-8-21/h1,3-8,13,15,19,25H,2,9-12,16-18,28H2/t25-/m1/s1. The summed E-state index contributed by atoms with van der Waals surface area (Å²) in [5.74, 6) is 0.148. The van der Waals surface area contributed by atoms with Crippen LogP contribution in [0.3, 0.4) is 0 Å². The first-order chi connectivity index (χ1) is 16.6. The van der Waals surface area contributed by atoms with E-state index < -0.39 is 0 Å². The summed E-state index contributed by atoms with van der Waals surface area (Å²) in [5, 5.41) is 9.70. The Hall–Kier alpha value is -3.18. The number of benzene rings is 2. The molecular weight excluding hydrogens is 448 g/mol. The van der Waals surface area contributed by atoms with Crippen molar-refractivity contribution in [3.8, 4) is 6.07 Å². The fraction of sp³-hybridized carbons (Fsp3) is 0.346. The van der Waals surface area contributed by atoms with Gasteiger partial charge in [0.1, 0.15) is 0 Å². The zero-order valence-electron chi connectivity index (χ0n) is 19.1. The van der Waals surface area contributed by atoms with Crippen molar-refractivity contribution in [3.63, 3.8) is 0 Å². The summed E-state index contributed by atoms with van der Waals surface area (Å²) < 4.78 is 2.10. The fourth-order valence-electron chi connectivity index (χ4n) is 4.43. The molecule has 0 bridgehead atoms. The van der Waals surface area contributed by atoms with Crippen LogP contribution in [0.25, 0.3) is 0 Å². The molecule has 0 spiro atoms. The molecule has 0 saturated carbocycles. The molecule has 1 saturated heterocycles. The van der Waals surface area contributed by atoms with Crippen LogP contribution in [0.2, 0.25) is 5.02 Å². The van der Waals surface area contributed by atoms with Gasteiger partial charge in [0.2, 0.25) is 5.91 Å². The van der Waals surface area contributed by atoms with Crippen molar-refractivity contribution in [3.05, 3.63) is 88.5 Å². The van der Waals surface area contributed by atoms with Crippen molar-refractivity contribution in [2.75, 3.05) is 19.6 Å². The molecule has 7 nitrogen and oxygen atoms in total. The Bertz CT molecular complexity index is 1150. The summed E-state index contributed by atoms with van der Waals surface area (Å²) in [6, 6.07) is 17.2. The number of carbonyl (C=O) groups is 1. The van der Waals surface area contributed by atoms with Crippen LogP contribution in [0.15, 0.2) is 61.1 Å². The van der Waals surface area contributed by atoms with Gasteiger partial charge in [-0.15, -0.1) is 0 Å². The maximum atomic E-state index is 13.3. The molecule has 2 heterocycles. The summed E-state index contributed by atoms with van der Waals surface area (Å²) in [4.78, 5) is 21.8. The number of halogens is 1. The molecule has 0 aliphatic carbocycles. The quantitative estimate of drug-likeness (QED) is 0.484. The number of hydrogen-bond donors (Lipinski definition) is 1. The van der Waals surface area contributed by atoms with Crippen molar-refractivity contribution in [2.45, 2.75) is 38.5 Å². The number of rotatable bonds is 10. The molecular formula is C26H29ClN6O. The second-order valence-corrected chi connectivity index (χ2v) is 9.06. The van der Waals surface area contributed by atoms with Crippen LogP contribution in [0, 0.1) is 11.3 Å². The highest BCUT2D eigenvalue weighted by atomic mass is 35.5. The van der Waals surface area contributed by atoms with Gasteiger partial charge in [0.15, 0.2) is 0 Å². The lowest BCUT2D eigenvalue weighted by Gasteiger charge is -2.28. The van der Waals surface area contributed by atoms with Crippen molar-refractivity contribution in [1.82, 2.24) is 19.4 Å². The summed E-state index contributed by atoms with van der Waals surface area (Å²) in [7, 11) is 0. The van der Waals surface area contributed by atoms with Gasteiger partial charge in [-0.3, -0.25) is 9.69 Å². The number of hydrogen-bond acceptors (Lipinski definition) is 5. The first kappa shape index (κ1) is 24.0. The summed E-state index contributed by atoms with van der Waals surface area (Å²) in [5.41, 5.74) is 9.63. The molecule has 0 radical (unpaired) electrons. The zero-order valence-corrected chi connectivity index (χ0v) is 19.9. The van der Waals surface area contributed by atoms with E-state index in [2.05, 4.69) is 20.5 Å². The Kier molecular flexibility index (Phi) is 7.96. The smallest absolute Gasteiger partial charge is 0.240 e. The second kappa shape index (κ2) is 11.3. The highest BCUT2D eigenvalue weighted by molar-refractivity contribution is 6.30. The molecule has 3 aromatic rings. The lowest BCUT2D eigenvalue weighted by Crippen LogP contribution is -2.42. The third-order valence-electron chi connectivity index (χ3n) is 6.22. The molecule has 1 amide bonds. The normalized spacial score (nSPS) is 15.8. The summed E-state index contributed by atoms with van der Waals surface area (Å²) in [6.07, 6.45) is 5.29. The average molecular weight is 477 g/mol. The molecule has 1 aliphatic rings. The molecule has 1 aromatic heterocycles. The third-order valence-corrected chi connectivity index (χ3v) is 6.46. The van der Waals surface area contributed by atoms with Crippen molar-refractivity contribution < 1.29 is 4.79 Å². The number of amides is 1. The van der Waals surface area contributed by atoms with E-state index in [-0.39, 0.29) is 11.9 Å². The Balaban J connectivity index is 1.46. The van der Waals surface area contributed by atoms with Crippen LogP contribution in [0.1, 0.15) is 35.2 Å². The van der Waals surface area contributed by atoms with Crippen LogP contribution in [0.4, 0.5) is 0 Å². The van der Waals surface area contributed by atoms with Gasteiger partial charge in [-0.25, -0.2) is 4.98 Å². The first-order valence-corrected chi connectivity index (χ1v) is 11.9. The highest BCUT2D eigenvalue weighted by Crippen LogP contribution is 2.23. The van der Waals surface area contributed by atoms with E-state index in [1.807, 2.05) is 66.0 Å². The maximum absolute atomic E-state index is 13.3. The first-order valence-electron chi connectivity index (χ1n) is 11.5. The predicted octanol–water partition coefficient (Wildman–Crippen LogP) is 3.41. The second-order valence-electron chi connectivity index (χ2n) is 8.63. The number of carbonyl (C=O) groups excluding carboxylic acids is 1. The maximum Gasteiger partial charge on any atom is 0.240 e. The van der Waals surface area contributed by atoms with Gasteiger partial charge in [0, 0.05) is 43.9 Å². The molecule has 2 aromatic carbocycles. The number of aromatic nitrogens is 2. The van der Waals surface area contributed by atoms with Gasteiger partial charge < -0.3 is 15.2 Å². The van der Waals surface area contributed by atoms with Crippen molar-refractivity contribution in [1.29, 1.82) is 5.26 Å². The van der Waals surface area contributed by atoms with Gasteiger partial charge in [-0.05, 0) is 54.8 Å². The minimum Gasteiger partial charge on any atom is -0.337 e. The van der Waals surface area contributed by atoms with Crippen molar-refractivity contribution >= 4 is 17.5 Å². The van der Waals surface area contributed by atoms with E-state index in [1.54, 1.807) is 0 Å². The minimum atomic E-state index is -0.177. The van der Waals surface area contributed by atoms with E-state index in [1.165, 1.54) is 0 Å². The van der Waals surface area contributed by atoms with E-state index in [4.69, 9.17) is 22.6 Å². The molecule has 2 N–H and O–H groups in total. The largest absolute Gasteiger partial charge is 0.337 e. The molecule has 1 atom stereocenters. The van der Waals surface area contributed by atoms with Crippen LogP contribution in [-0.2, 0) is 24.4 Å². The van der Waals surface area contributed by atoms with Crippen molar-refractivity contribution in [2.24, 2.45) is 5.73 Å². The van der Waals surface area contributed by atoms with E-state index in [0.717, 1.165) is 42.8 Å². The van der Waals surface area contributed by atoms with Crippen LogP contribution in [0.5, 0.6) is 0 Å². The van der Waals surface area contributed by atoms with Crippen LogP contribution in [-0.4, -0.2) is 50.9 Å². The Morgan fingerprint density at radius 2 is 2.00 bits per heavy atom. The molecule has 176 valence electrons. The molecule has 1 aliphatic heterocycles. The van der Waals surface area contributed by atoms with Crippen LogP contribution < -0.4 is 5.73 Å². The van der Waals surface area contributed by atoms with Gasteiger partial charge >= 0.3 is 0 Å². The number of imidazole rings is 1. The van der Waals surface area contributed by atoms with Gasteiger partial charge in [0.25, 0.3) is 0 Å². The Labute approximate surface area is 205 Å². The molecule has 1 fully saturated rings. The topological polar surface area (TPSA) is 91.2 Å². The Morgan fingerprint density at radius 3 is 2.74 bits per heavy atom. The predicted molar refractivity (Wildman–Crippen MR) is 132 cm³/mol. The molecule has 0 unspecified atom stereocenters. The minimum absolute atomic E-state index is 0.148. The van der Waals surface area contributed by atoms with E-state index >= 15 is 0 Å². The van der Waals surface area contributed by atoms with Gasteiger partial charge in [-0.2, -0.15) is 5.26 Å². The SMILES string of the molecule is N#Cc1ccc(Cn2cncc2CN(CCCN)[C@@H]2CCN(Cc3cccc(Cl)c3)C2=O)cc1. The summed E-state index contributed by atoms with van der Waals surface area (Å²) in [6.45, 7) is 3.90. The van der Waals surface area contributed by atoms with Crippen LogP contribution >= 0.6 is 11.6 Å². The number of nitriles is 1. The van der Waals surface area contributed by atoms with Gasteiger partial charge in [0.05, 0.1) is 29.7 Å². The molecule has 34 heavy (non-hydrogen) atoms. The Morgan fingerprint density at radius 1 is 1.18 bits per heavy atom. The lowest BCUT2D eigenvalue weighted by atomic mass is 10.1. The molecule has 4 rings (SSSR count). The average Bonchev–Trinajstić information content (AvgIpc) is 3.43. The monoisotopic (exact) mass is 476 g/mol. The number of likely N-dealkylation sites (tertiary alicyclic amines) is 1. The molecule has 8 heteroatoms. The summed E-state index contributed by atoms with van der Waals surface area (Å²) >= 11 is 6.12.